The summed E-state index contributed by atoms with van der Waals surface area (Å²) in [5.74, 6) is 0. The smallest absolute Gasteiger partial charge is 1.00 e. The van der Waals surface area contributed by atoms with Crippen LogP contribution < -0.4 is 0 Å². The average molecular weight is 298 g/mol. The number of benzene rings is 2. The second-order valence-corrected chi connectivity index (χ2v) is 4.34. The molecule has 2 aromatic rings. The van der Waals surface area contributed by atoms with E-state index in [1.165, 1.54) is 6.07 Å². The molecule has 0 atom stereocenters. The summed E-state index contributed by atoms with van der Waals surface area (Å²) in [5, 5.41) is 1.33. The molecule has 0 bridgehead atoms. The Balaban J connectivity index is 0. The largest absolute Gasteiger partial charge is 2.00 e. The van der Waals surface area contributed by atoms with Crippen molar-refractivity contribution in [3.63, 3.8) is 0 Å². The molecule has 3 nitrogen and oxygen atoms in total. The van der Waals surface area contributed by atoms with Crippen molar-refractivity contribution in [1.29, 1.82) is 0 Å². The summed E-state index contributed by atoms with van der Waals surface area (Å²) < 4.78 is 31.0. The minimum Gasteiger partial charge on any atom is -1.00 e. The first-order chi connectivity index (χ1) is 6.59. The van der Waals surface area contributed by atoms with Gasteiger partial charge in [-0.05, 0) is 11.5 Å². The third-order valence-electron chi connectivity index (χ3n) is 2.03. The topological polar surface area (TPSA) is 54.4 Å². The molecule has 5 heteroatoms. The van der Waals surface area contributed by atoms with Gasteiger partial charge in [0.05, 0.1) is 0 Å². The fourth-order valence-corrected chi connectivity index (χ4v) is 2.13. The molecule has 0 aliphatic carbocycles. The summed E-state index contributed by atoms with van der Waals surface area (Å²) in [6, 6.07) is 11.8. The molecule has 0 spiro atoms. The van der Waals surface area contributed by atoms with Crippen molar-refractivity contribution in [2.24, 2.45) is 0 Å². The summed E-state index contributed by atoms with van der Waals surface area (Å²) in [6.45, 7) is 0. The fraction of sp³-hybridized carbons (Fsp3) is 0. The molecule has 0 aromatic heterocycles. The predicted octanol–water partition coefficient (Wildman–Crippen LogP) is 1.93. The van der Waals surface area contributed by atoms with Crippen molar-refractivity contribution >= 4 is 66.4 Å². The molecule has 15 heavy (non-hydrogen) atoms. The van der Waals surface area contributed by atoms with Gasteiger partial charge < -0.3 is 2.85 Å². The Morgan fingerprint density at radius 3 is 2.27 bits per heavy atom. The molecular weight excluding hydrogens is 288 g/mol. The zero-order chi connectivity index (χ0) is 10.2. The standard InChI is InChI=1S/C10H8O3S.Sr.2H/c11-14(12,13)10-7-3-5-8-4-1-2-6-9(8)10;;;/h1-7H,(H,11,12,13);;;/q;+2;2*-1. The molecule has 76 valence electrons. The molecule has 2 aromatic carbocycles. The summed E-state index contributed by atoms with van der Waals surface area (Å²) in [6.07, 6.45) is 0. The van der Waals surface area contributed by atoms with E-state index >= 15 is 0 Å². The summed E-state index contributed by atoms with van der Waals surface area (Å²) in [4.78, 5) is -0.0457. The third kappa shape index (κ3) is 2.81. The monoisotopic (exact) mass is 298 g/mol. The molecule has 0 unspecified atom stereocenters. The van der Waals surface area contributed by atoms with Crippen molar-refractivity contribution in [3.8, 4) is 0 Å². The average Bonchev–Trinajstić information content (AvgIpc) is 2.15. The molecule has 0 aliphatic heterocycles. The van der Waals surface area contributed by atoms with Crippen LogP contribution in [0.1, 0.15) is 2.85 Å². The van der Waals surface area contributed by atoms with E-state index in [2.05, 4.69) is 0 Å². The molecule has 0 saturated carbocycles. The summed E-state index contributed by atoms with van der Waals surface area (Å²) in [7, 11) is -4.13. The molecule has 0 radical (unpaired) electrons. The predicted molar refractivity (Wildman–Crippen MR) is 61.7 cm³/mol. The number of hydrogen-bond acceptors (Lipinski definition) is 2. The third-order valence-corrected chi connectivity index (χ3v) is 2.94. The van der Waals surface area contributed by atoms with Gasteiger partial charge in [0.25, 0.3) is 10.1 Å². The molecular formula is C10H10O3SSr. The molecule has 0 amide bonds. The maximum Gasteiger partial charge on any atom is 2.00 e. The number of fused-ring (bicyclic) bond motifs is 1. The molecule has 0 aliphatic rings. The van der Waals surface area contributed by atoms with Crippen molar-refractivity contribution in [3.05, 3.63) is 42.5 Å². The van der Waals surface area contributed by atoms with Crippen molar-refractivity contribution in [2.45, 2.75) is 4.90 Å². The maximum absolute atomic E-state index is 11.0. The Labute approximate surface area is 128 Å². The van der Waals surface area contributed by atoms with Crippen LogP contribution in [0.3, 0.4) is 0 Å². The first-order valence-corrected chi connectivity index (χ1v) is 5.48. The Morgan fingerprint density at radius 2 is 1.60 bits per heavy atom. The van der Waals surface area contributed by atoms with E-state index in [4.69, 9.17) is 4.55 Å². The van der Waals surface area contributed by atoms with Gasteiger partial charge in [-0.2, -0.15) is 8.42 Å². The minimum atomic E-state index is -4.13. The van der Waals surface area contributed by atoms with Gasteiger partial charge in [0, 0.05) is 5.39 Å². The van der Waals surface area contributed by atoms with E-state index in [0.29, 0.717) is 5.39 Å². The Kier molecular flexibility index (Phi) is 4.34. The first kappa shape index (κ1) is 13.2. The van der Waals surface area contributed by atoms with Crippen molar-refractivity contribution < 1.29 is 15.8 Å². The van der Waals surface area contributed by atoms with Gasteiger partial charge in [-0.1, -0.05) is 36.4 Å². The molecule has 0 saturated heterocycles. The van der Waals surface area contributed by atoms with E-state index in [-0.39, 0.29) is 53.2 Å². The Bertz CT molecular complexity index is 582. The van der Waals surface area contributed by atoms with Gasteiger partial charge in [0.1, 0.15) is 4.90 Å². The van der Waals surface area contributed by atoms with Crippen molar-refractivity contribution in [2.75, 3.05) is 0 Å². The van der Waals surface area contributed by atoms with Crippen LogP contribution in [0, 0.1) is 0 Å². The second kappa shape index (κ2) is 4.95. The van der Waals surface area contributed by atoms with Gasteiger partial charge >= 0.3 is 45.5 Å². The normalized spacial score (nSPS) is 11.0. The van der Waals surface area contributed by atoms with Crippen LogP contribution in [0.2, 0.25) is 0 Å². The molecule has 2 rings (SSSR count). The molecule has 1 N–H and O–H groups in total. The number of hydrogen-bond donors (Lipinski definition) is 1. The minimum absolute atomic E-state index is 0. The van der Waals surface area contributed by atoms with E-state index in [0.717, 1.165) is 5.39 Å². The summed E-state index contributed by atoms with van der Waals surface area (Å²) >= 11 is 0. The van der Waals surface area contributed by atoms with E-state index < -0.39 is 10.1 Å². The van der Waals surface area contributed by atoms with Crippen LogP contribution in [-0.4, -0.2) is 58.5 Å². The van der Waals surface area contributed by atoms with Gasteiger partial charge in [-0.25, -0.2) is 0 Å². The summed E-state index contributed by atoms with van der Waals surface area (Å²) in [5.41, 5.74) is 0. The van der Waals surface area contributed by atoms with Crippen LogP contribution >= 0.6 is 0 Å². The molecule has 0 heterocycles. The Morgan fingerprint density at radius 1 is 1.00 bits per heavy atom. The zero-order valence-corrected chi connectivity index (χ0v) is 12.2. The quantitative estimate of drug-likeness (QED) is 0.646. The second-order valence-electron chi connectivity index (χ2n) is 2.95. The van der Waals surface area contributed by atoms with Crippen LogP contribution in [0.15, 0.2) is 47.4 Å². The van der Waals surface area contributed by atoms with E-state index in [1.807, 2.05) is 6.07 Å². The van der Waals surface area contributed by atoms with Crippen LogP contribution in [0.4, 0.5) is 0 Å². The van der Waals surface area contributed by atoms with Gasteiger partial charge in [-0.3, -0.25) is 4.55 Å². The zero-order valence-electron chi connectivity index (χ0n) is 9.92. The number of rotatable bonds is 1. The van der Waals surface area contributed by atoms with E-state index in [1.54, 1.807) is 30.3 Å². The van der Waals surface area contributed by atoms with Gasteiger partial charge in [0.15, 0.2) is 0 Å². The van der Waals surface area contributed by atoms with Gasteiger partial charge in [-0.15, -0.1) is 0 Å². The maximum atomic E-state index is 11.0. The van der Waals surface area contributed by atoms with Crippen LogP contribution in [0.25, 0.3) is 10.8 Å². The van der Waals surface area contributed by atoms with Crippen LogP contribution in [-0.2, 0) is 10.1 Å². The SMILES string of the molecule is O=S(=O)(O)c1cccc2ccccc12.[H-].[H-].[Sr+2]. The Hall–Kier alpha value is 0.0905. The molecule has 0 fully saturated rings. The van der Waals surface area contributed by atoms with E-state index in [9.17, 15) is 8.42 Å². The van der Waals surface area contributed by atoms with Crippen LogP contribution in [0.5, 0.6) is 0 Å². The fourth-order valence-electron chi connectivity index (χ4n) is 1.42. The first-order valence-electron chi connectivity index (χ1n) is 4.04. The van der Waals surface area contributed by atoms with Gasteiger partial charge in [0.2, 0.25) is 0 Å². The van der Waals surface area contributed by atoms with Crippen molar-refractivity contribution in [1.82, 2.24) is 0 Å².